The first-order valence-electron chi connectivity index (χ1n) is 7.07. The normalized spacial score (nSPS) is 10.2. The number of allylic oxidation sites excluding steroid dienone is 1. The fraction of sp³-hybridized carbons (Fsp3) is 0.800. The summed E-state index contributed by atoms with van der Waals surface area (Å²) in [6.45, 7) is 6.40. The minimum Gasteiger partial charge on any atom is -0.466 e. The van der Waals surface area contributed by atoms with Gasteiger partial charge in [0.2, 0.25) is 0 Å². The first-order chi connectivity index (χ1) is 8.31. The fourth-order valence-electron chi connectivity index (χ4n) is 1.68. The Bertz CT molecular complexity index is 187. The van der Waals surface area contributed by atoms with Gasteiger partial charge in [-0.25, -0.2) is 0 Å². The fourth-order valence-corrected chi connectivity index (χ4v) is 1.68. The van der Waals surface area contributed by atoms with Gasteiger partial charge in [-0.15, -0.1) is 6.58 Å². The van der Waals surface area contributed by atoms with Crippen LogP contribution in [0.15, 0.2) is 12.7 Å². The van der Waals surface area contributed by atoms with E-state index in [-0.39, 0.29) is 5.97 Å². The van der Waals surface area contributed by atoms with E-state index >= 15 is 0 Å². The van der Waals surface area contributed by atoms with E-state index in [1.54, 1.807) is 0 Å². The summed E-state index contributed by atoms with van der Waals surface area (Å²) in [7, 11) is 0. The van der Waals surface area contributed by atoms with Crippen molar-refractivity contribution in [2.75, 3.05) is 6.61 Å². The van der Waals surface area contributed by atoms with Crippen molar-refractivity contribution in [3.05, 3.63) is 12.7 Å². The van der Waals surface area contributed by atoms with Gasteiger partial charge in [-0.1, -0.05) is 45.1 Å². The van der Waals surface area contributed by atoms with Gasteiger partial charge in [0.15, 0.2) is 0 Å². The highest BCUT2D eigenvalue weighted by molar-refractivity contribution is 5.69. The van der Waals surface area contributed by atoms with Crippen molar-refractivity contribution in [3.63, 3.8) is 0 Å². The third kappa shape index (κ3) is 13.1. The van der Waals surface area contributed by atoms with Crippen LogP contribution < -0.4 is 0 Å². The van der Waals surface area contributed by atoms with Crippen molar-refractivity contribution in [2.24, 2.45) is 0 Å². The molecule has 0 heterocycles. The van der Waals surface area contributed by atoms with Crippen molar-refractivity contribution < 1.29 is 9.53 Å². The minimum absolute atomic E-state index is 0.0298. The SMILES string of the molecule is C=CCCCCCCCCOC(=O)CCCC. The Labute approximate surface area is 106 Å². The lowest BCUT2D eigenvalue weighted by Gasteiger charge is -2.04. The summed E-state index contributed by atoms with van der Waals surface area (Å²) in [5.41, 5.74) is 0. The molecule has 0 radical (unpaired) electrons. The van der Waals surface area contributed by atoms with Crippen molar-refractivity contribution >= 4 is 5.97 Å². The molecule has 0 rings (SSSR count). The van der Waals surface area contributed by atoms with E-state index in [0.717, 1.165) is 25.7 Å². The Morgan fingerprint density at radius 2 is 1.71 bits per heavy atom. The number of unbranched alkanes of at least 4 members (excludes halogenated alkanes) is 7. The van der Waals surface area contributed by atoms with Gasteiger partial charge in [0.1, 0.15) is 0 Å². The van der Waals surface area contributed by atoms with Gasteiger partial charge in [-0.3, -0.25) is 4.79 Å². The van der Waals surface area contributed by atoms with E-state index in [2.05, 4.69) is 13.5 Å². The average Bonchev–Trinajstić information content (AvgIpc) is 2.34. The molecule has 0 saturated carbocycles. The summed E-state index contributed by atoms with van der Waals surface area (Å²) in [5, 5.41) is 0. The number of esters is 1. The Hall–Kier alpha value is -0.790. The molecule has 0 aromatic carbocycles. The Kier molecular flexibility index (Phi) is 12.7. The van der Waals surface area contributed by atoms with E-state index in [9.17, 15) is 4.79 Å². The molecule has 0 spiro atoms. The van der Waals surface area contributed by atoms with Crippen LogP contribution >= 0.6 is 0 Å². The monoisotopic (exact) mass is 240 g/mol. The quantitative estimate of drug-likeness (QED) is 0.282. The molecule has 0 aliphatic heterocycles. The van der Waals surface area contributed by atoms with Crippen LogP contribution in [0, 0.1) is 0 Å². The minimum atomic E-state index is -0.0298. The Morgan fingerprint density at radius 1 is 1.06 bits per heavy atom. The molecule has 2 nitrogen and oxygen atoms in total. The molecule has 2 heteroatoms. The summed E-state index contributed by atoms with van der Waals surface area (Å²) in [6.07, 6.45) is 13.0. The molecule has 0 saturated heterocycles. The van der Waals surface area contributed by atoms with E-state index < -0.39 is 0 Å². The van der Waals surface area contributed by atoms with Crippen LogP contribution in [0.1, 0.15) is 71.1 Å². The van der Waals surface area contributed by atoms with Crippen LogP contribution in [0.25, 0.3) is 0 Å². The third-order valence-electron chi connectivity index (χ3n) is 2.80. The van der Waals surface area contributed by atoms with Gasteiger partial charge in [0.25, 0.3) is 0 Å². The number of hydrogen-bond donors (Lipinski definition) is 0. The summed E-state index contributed by atoms with van der Waals surface area (Å²) in [5.74, 6) is -0.0298. The highest BCUT2D eigenvalue weighted by Gasteiger charge is 2.00. The topological polar surface area (TPSA) is 26.3 Å². The summed E-state index contributed by atoms with van der Waals surface area (Å²) >= 11 is 0. The summed E-state index contributed by atoms with van der Waals surface area (Å²) in [6, 6.07) is 0. The maximum atomic E-state index is 11.2. The highest BCUT2D eigenvalue weighted by atomic mass is 16.5. The van der Waals surface area contributed by atoms with Crippen LogP contribution in [0.2, 0.25) is 0 Å². The van der Waals surface area contributed by atoms with Gasteiger partial charge >= 0.3 is 5.97 Å². The van der Waals surface area contributed by atoms with E-state index in [1.165, 1.54) is 32.1 Å². The zero-order valence-electron chi connectivity index (χ0n) is 11.4. The van der Waals surface area contributed by atoms with Crippen molar-refractivity contribution in [2.45, 2.75) is 71.1 Å². The Morgan fingerprint density at radius 3 is 2.35 bits per heavy atom. The number of ether oxygens (including phenoxy) is 1. The van der Waals surface area contributed by atoms with Gasteiger partial charge < -0.3 is 4.74 Å². The third-order valence-corrected chi connectivity index (χ3v) is 2.80. The van der Waals surface area contributed by atoms with Crippen LogP contribution in [0.3, 0.4) is 0 Å². The summed E-state index contributed by atoms with van der Waals surface area (Å²) < 4.78 is 5.14. The highest BCUT2D eigenvalue weighted by Crippen LogP contribution is 2.07. The lowest BCUT2D eigenvalue weighted by atomic mass is 10.1. The molecule has 0 N–H and O–H groups in total. The molecule has 0 aromatic heterocycles. The number of rotatable bonds is 12. The second-order valence-corrected chi connectivity index (χ2v) is 4.52. The predicted molar refractivity (Wildman–Crippen MR) is 73.0 cm³/mol. The van der Waals surface area contributed by atoms with E-state index in [0.29, 0.717) is 13.0 Å². The molecule has 0 amide bonds. The lowest BCUT2D eigenvalue weighted by molar-refractivity contribution is -0.143. The lowest BCUT2D eigenvalue weighted by Crippen LogP contribution is -2.05. The van der Waals surface area contributed by atoms with Crippen LogP contribution in [-0.4, -0.2) is 12.6 Å². The van der Waals surface area contributed by atoms with Gasteiger partial charge in [0.05, 0.1) is 6.61 Å². The predicted octanol–water partition coefficient (Wildman–Crippen LogP) is 4.64. The molecule has 0 atom stereocenters. The molecule has 100 valence electrons. The largest absolute Gasteiger partial charge is 0.466 e. The van der Waals surface area contributed by atoms with E-state index in [1.807, 2.05) is 6.08 Å². The van der Waals surface area contributed by atoms with Crippen LogP contribution in [0.5, 0.6) is 0 Å². The van der Waals surface area contributed by atoms with Crippen molar-refractivity contribution in [3.8, 4) is 0 Å². The number of carbonyl (C=O) groups is 1. The van der Waals surface area contributed by atoms with Crippen LogP contribution in [0.4, 0.5) is 0 Å². The number of hydrogen-bond acceptors (Lipinski definition) is 2. The second-order valence-electron chi connectivity index (χ2n) is 4.52. The second kappa shape index (κ2) is 13.3. The zero-order chi connectivity index (χ0) is 12.8. The first kappa shape index (κ1) is 16.2. The zero-order valence-corrected chi connectivity index (χ0v) is 11.4. The van der Waals surface area contributed by atoms with Crippen molar-refractivity contribution in [1.82, 2.24) is 0 Å². The smallest absolute Gasteiger partial charge is 0.305 e. The molecular weight excluding hydrogens is 212 g/mol. The van der Waals surface area contributed by atoms with Gasteiger partial charge in [0, 0.05) is 6.42 Å². The number of carbonyl (C=O) groups excluding carboxylic acids is 1. The molecule has 0 aromatic rings. The maximum absolute atomic E-state index is 11.2. The summed E-state index contributed by atoms with van der Waals surface area (Å²) in [4.78, 5) is 11.2. The van der Waals surface area contributed by atoms with Gasteiger partial charge in [-0.05, 0) is 25.7 Å². The average molecular weight is 240 g/mol. The maximum Gasteiger partial charge on any atom is 0.305 e. The molecule has 0 bridgehead atoms. The van der Waals surface area contributed by atoms with Crippen molar-refractivity contribution in [1.29, 1.82) is 0 Å². The molecule has 0 unspecified atom stereocenters. The molecule has 0 aliphatic rings. The van der Waals surface area contributed by atoms with E-state index in [4.69, 9.17) is 4.74 Å². The first-order valence-corrected chi connectivity index (χ1v) is 7.07. The molecule has 17 heavy (non-hydrogen) atoms. The molecule has 0 fully saturated rings. The Balaban J connectivity index is 3.07. The molecule has 0 aliphatic carbocycles. The van der Waals surface area contributed by atoms with Crippen LogP contribution in [-0.2, 0) is 9.53 Å². The van der Waals surface area contributed by atoms with Gasteiger partial charge in [-0.2, -0.15) is 0 Å². The standard InChI is InChI=1S/C15H28O2/c1-3-5-7-8-9-10-11-12-14-17-15(16)13-6-4-2/h3H,1,4-14H2,2H3. The molecular formula is C15H28O2.